The first-order valence-corrected chi connectivity index (χ1v) is 9.31. The third kappa shape index (κ3) is 4.76. The van der Waals surface area contributed by atoms with Crippen LogP contribution in [-0.4, -0.2) is 44.7 Å². The molecule has 3 amide bonds. The van der Waals surface area contributed by atoms with Gasteiger partial charge in [0.05, 0.1) is 4.91 Å². The van der Waals surface area contributed by atoms with Crippen molar-refractivity contribution >= 4 is 58.1 Å². The molecule has 0 aliphatic carbocycles. The third-order valence-electron chi connectivity index (χ3n) is 3.83. The lowest BCUT2D eigenvalue weighted by atomic mass is 10.2. The van der Waals surface area contributed by atoms with E-state index < -0.39 is 40.9 Å². The van der Waals surface area contributed by atoms with E-state index in [0.717, 1.165) is 17.0 Å². The van der Waals surface area contributed by atoms with Crippen LogP contribution in [0.2, 0.25) is 5.02 Å². The number of anilines is 1. The van der Waals surface area contributed by atoms with Crippen LogP contribution in [0.5, 0.6) is 5.75 Å². The van der Waals surface area contributed by atoms with Gasteiger partial charge in [0.25, 0.3) is 11.1 Å². The van der Waals surface area contributed by atoms with Crippen molar-refractivity contribution in [1.29, 1.82) is 0 Å². The van der Waals surface area contributed by atoms with Crippen molar-refractivity contribution in [3.8, 4) is 5.75 Å². The Morgan fingerprint density at radius 1 is 1.17 bits per heavy atom. The molecule has 10 heteroatoms. The van der Waals surface area contributed by atoms with Crippen LogP contribution in [0.1, 0.15) is 15.9 Å². The summed E-state index contributed by atoms with van der Waals surface area (Å²) in [6.45, 7) is -0.541. The average Bonchev–Trinajstić information content (AvgIpc) is 2.90. The number of aromatic hydroxyl groups is 1. The Balaban J connectivity index is 1.71. The largest absolute Gasteiger partial charge is 0.507 e. The van der Waals surface area contributed by atoms with Gasteiger partial charge in [-0.05, 0) is 53.7 Å². The lowest BCUT2D eigenvalue weighted by Gasteiger charge is -2.13. The summed E-state index contributed by atoms with van der Waals surface area (Å²) < 4.78 is 0. The number of benzene rings is 2. The Morgan fingerprint density at radius 2 is 1.93 bits per heavy atom. The van der Waals surface area contributed by atoms with E-state index in [-0.39, 0.29) is 10.6 Å². The third-order valence-corrected chi connectivity index (χ3v) is 4.97. The highest BCUT2D eigenvalue weighted by molar-refractivity contribution is 8.18. The first-order valence-electron chi connectivity index (χ1n) is 8.11. The van der Waals surface area contributed by atoms with E-state index in [4.69, 9.17) is 16.7 Å². The number of nitrogens with one attached hydrogen (secondary N) is 1. The second-order valence-electron chi connectivity index (χ2n) is 5.91. The Kier molecular flexibility index (Phi) is 5.90. The van der Waals surface area contributed by atoms with Crippen LogP contribution >= 0.6 is 23.4 Å². The summed E-state index contributed by atoms with van der Waals surface area (Å²) in [5.41, 5.74) is 0.350. The van der Waals surface area contributed by atoms with Gasteiger partial charge in [0, 0.05) is 10.7 Å². The van der Waals surface area contributed by atoms with Crippen molar-refractivity contribution in [2.24, 2.45) is 0 Å². The summed E-state index contributed by atoms with van der Waals surface area (Å²) >= 11 is 6.61. The average molecular weight is 433 g/mol. The van der Waals surface area contributed by atoms with E-state index >= 15 is 0 Å². The number of carbonyl (C=O) groups excluding carboxylic acids is 3. The van der Waals surface area contributed by atoms with Crippen molar-refractivity contribution in [1.82, 2.24) is 4.90 Å². The fraction of sp³-hybridized carbons (Fsp3) is 0.0526. The van der Waals surface area contributed by atoms with Crippen molar-refractivity contribution in [2.45, 2.75) is 0 Å². The van der Waals surface area contributed by atoms with Crippen LogP contribution in [-0.2, 0) is 9.59 Å². The molecule has 0 aromatic heterocycles. The predicted molar refractivity (Wildman–Crippen MR) is 108 cm³/mol. The minimum Gasteiger partial charge on any atom is -0.507 e. The van der Waals surface area contributed by atoms with Crippen molar-refractivity contribution in [3.63, 3.8) is 0 Å². The van der Waals surface area contributed by atoms with E-state index in [0.29, 0.717) is 22.3 Å². The fourth-order valence-corrected chi connectivity index (χ4v) is 3.55. The molecule has 0 unspecified atom stereocenters. The monoisotopic (exact) mass is 432 g/mol. The lowest BCUT2D eigenvalue weighted by molar-refractivity contribution is -0.127. The minimum atomic E-state index is -1.37. The van der Waals surface area contributed by atoms with E-state index in [1.165, 1.54) is 12.1 Å². The highest BCUT2D eigenvalue weighted by Gasteiger charge is 2.36. The molecule has 1 aliphatic heterocycles. The maximum Gasteiger partial charge on any atom is 0.339 e. The van der Waals surface area contributed by atoms with Crippen LogP contribution in [0.3, 0.4) is 0 Å². The SMILES string of the molecule is O=C(CN1C(=O)SC(=Cc2cccc(Cl)c2)C1=O)Nc1ccc(O)c(C(=O)O)c1. The molecular formula is C19H13ClN2O6S. The maximum absolute atomic E-state index is 12.5. The summed E-state index contributed by atoms with van der Waals surface area (Å²) in [6.07, 6.45) is 1.51. The molecule has 1 fully saturated rings. The van der Waals surface area contributed by atoms with E-state index in [2.05, 4.69) is 5.32 Å². The molecule has 0 atom stereocenters. The normalized spacial score (nSPS) is 15.1. The van der Waals surface area contributed by atoms with Crippen LogP contribution in [0.4, 0.5) is 10.5 Å². The zero-order chi connectivity index (χ0) is 21.1. The first-order chi connectivity index (χ1) is 13.7. The summed E-state index contributed by atoms with van der Waals surface area (Å²) in [5, 5.41) is 20.8. The molecule has 3 N–H and O–H groups in total. The lowest BCUT2D eigenvalue weighted by Crippen LogP contribution is -2.36. The molecule has 2 aromatic carbocycles. The van der Waals surface area contributed by atoms with Crippen molar-refractivity contribution < 1.29 is 29.4 Å². The highest BCUT2D eigenvalue weighted by Crippen LogP contribution is 2.32. The van der Waals surface area contributed by atoms with Gasteiger partial charge in [-0.25, -0.2) is 4.79 Å². The number of halogens is 1. The number of imide groups is 1. The number of phenols is 1. The molecule has 0 bridgehead atoms. The molecule has 1 aliphatic rings. The molecule has 148 valence electrons. The summed E-state index contributed by atoms with van der Waals surface area (Å²) in [6, 6.07) is 10.2. The first kappa shape index (κ1) is 20.4. The fourth-order valence-electron chi connectivity index (χ4n) is 2.51. The number of carboxylic acids is 1. The van der Waals surface area contributed by atoms with Crippen molar-refractivity contribution in [3.05, 3.63) is 63.5 Å². The second kappa shape index (κ2) is 8.38. The Morgan fingerprint density at radius 3 is 2.62 bits per heavy atom. The van der Waals surface area contributed by atoms with Gasteiger partial charge in [-0.3, -0.25) is 19.3 Å². The van der Waals surface area contributed by atoms with Gasteiger partial charge in [-0.1, -0.05) is 23.7 Å². The van der Waals surface area contributed by atoms with Crippen LogP contribution in [0.25, 0.3) is 6.08 Å². The standard InChI is InChI=1S/C19H13ClN2O6S/c20-11-3-1-2-10(6-11)7-15-17(25)22(19(28)29-15)9-16(24)21-12-4-5-14(23)13(8-12)18(26)27/h1-8,23H,9H2,(H,21,24)(H,26,27). The smallest absolute Gasteiger partial charge is 0.339 e. The number of carbonyl (C=O) groups is 4. The Bertz CT molecular complexity index is 1070. The number of hydrogen-bond donors (Lipinski definition) is 3. The number of thioether (sulfide) groups is 1. The predicted octanol–water partition coefficient (Wildman–Crippen LogP) is 3.42. The second-order valence-corrected chi connectivity index (χ2v) is 7.34. The molecule has 8 nitrogen and oxygen atoms in total. The number of rotatable bonds is 5. The van der Waals surface area contributed by atoms with Crippen molar-refractivity contribution in [2.75, 3.05) is 11.9 Å². The van der Waals surface area contributed by atoms with Gasteiger partial charge in [0.2, 0.25) is 5.91 Å². The quantitative estimate of drug-likeness (QED) is 0.488. The molecule has 0 radical (unpaired) electrons. The number of nitrogens with zero attached hydrogens (tertiary/aromatic N) is 1. The zero-order valence-electron chi connectivity index (χ0n) is 14.6. The van der Waals surface area contributed by atoms with Crippen LogP contribution < -0.4 is 5.32 Å². The summed E-state index contributed by atoms with van der Waals surface area (Å²) in [7, 11) is 0. The molecule has 29 heavy (non-hydrogen) atoms. The van der Waals surface area contributed by atoms with E-state index in [1.807, 2.05) is 0 Å². The van der Waals surface area contributed by atoms with Gasteiger partial charge < -0.3 is 15.5 Å². The molecule has 0 spiro atoms. The summed E-state index contributed by atoms with van der Waals surface area (Å²) in [4.78, 5) is 48.8. The minimum absolute atomic E-state index is 0.103. The van der Waals surface area contributed by atoms with E-state index in [1.54, 1.807) is 24.3 Å². The number of aromatic carboxylic acids is 1. The van der Waals surface area contributed by atoms with Crippen LogP contribution in [0, 0.1) is 0 Å². The number of hydrogen-bond acceptors (Lipinski definition) is 6. The Hall–Kier alpha value is -3.30. The van der Waals surface area contributed by atoms with Gasteiger partial charge in [-0.15, -0.1) is 0 Å². The molecule has 1 heterocycles. The van der Waals surface area contributed by atoms with Gasteiger partial charge in [0.15, 0.2) is 0 Å². The highest BCUT2D eigenvalue weighted by atomic mass is 35.5. The van der Waals surface area contributed by atoms with E-state index in [9.17, 15) is 24.3 Å². The van der Waals surface area contributed by atoms with Gasteiger partial charge >= 0.3 is 5.97 Å². The number of carboxylic acid groups (broad SMARTS) is 1. The zero-order valence-corrected chi connectivity index (χ0v) is 16.2. The van der Waals surface area contributed by atoms with Crippen LogP contribution in [0.15, 0.2) is 47.4 Å². The molecule has 3 rings (SSSR count). The molecular weight excluding hydrogens is 420 g/mol. The number of amides is 3. The van der Waals surface area contributed by atoms with Gasteiger partial charge in [0.1, 0.15) is 17.9 Å². The summed E-state index contributed by atoms with van der Waals surface area (Å²) in [5.74, 6) is -3.13. The van der Waals surface area contributed by atoms with Gasteiger partial charge in [-0.2, -0.15) is 0 Å². The Labute approximate surface area is 173 Å². The maximum atomic E-state index is 12.5. The molecule has 2 aromatic rings. The molecule has 1 saturated heterocycles. The topological polar surface area (TPSA) is 124 Å². The molecule has 0 saturated carbocycles.